The van der Waals surface area contributed by atoms with Gasteiger partial charge in [0, 0.05) is 41.6 Å². The Labute approximate surface area is 205 Å². The number of nitrogens with zero attached hydrogens (tertiary/aromatic N) is 2. The highest BCUT2D eigenvalue weighted by Gasteiger charge is 2.29. The van der Waals surface area contributed by atoms with Crippen molar-refractivity contribution in [3.8, 4) is 29.2 Å². The first kappa shape index (κ1) is 23.0. The number of anilines is 1. The van der Waals surface area contributed by atoms with Crippen LogP contribution in [0.15, 0.2) is 42.6 Å². The quantitative estimate of drug-likeness (QED) is 0.256. The van der Waals surface area contributed by atoms with Crippen molar-refractivity contribution in [1.82, 2.24) is 9.97 Å². The number of carbonyl (C=O) groups excluding carboxylic acids is 2. The van der Waals surface area contributed by atoms with Gasteiger partial charge in [-0.25, -0.2) is 9.97 Å². The molecule has 2 aliphatic carbocycles. The summed E-state index contributed by atoms with van der Waals surface area (Å²) in [5.74, 6) is 4.30. The molecule has 0 amide bonds. The van der Waals surface area contributed by atoms with Crippen molar-refractivity contribution in [2.45, 2.75) is 51.0 Å². The second-order valence-electron chi connectivity index (χ2n) is 9.67. The second-order valence-corrected chi connectivity index (χ2v) is 9.67. The Bertz CT molecular complexity index is 1320. The van der Waals surface area contributed by atoms with Crippen LogP contribution in [-0.4, -0.2) is 34.7 Å². The summed E-state index contributed by atoms with van der Waals surface area (Å²) in [5.41, 5.74) is 3.37. The molecule has 0 spiro atoms. The molecular formula is C29H29N3O3. The predicted octanol–water partition coefficient (Wildman–Crippen LogP) is 5.46. The molecule has 2 fully saturated rings. The number of fused-ring (bicyclic) bond motifs is 1. The minimum absolute atomic E-state index is 0.143. The van der Waals surface area contributed by atoms with Gasteiger partial charge in [0.25, 0.3) is 0 Å². The van der Waals surface area contributed by atoms with Crippen molar-refractivity contribution in [2.75, 3.05) is 12.4 Å². The van der Waals surface area contributed by atoms with Crippen molar-refractivity contribution in [2.24, 2.45) is 11.8 Å². The summed E-state index contributed by atoms with van der Waals surface area (Å²) >= 11 is 0. The van der Waals surface area contributed by atoms with Crippen LogP contribution in [0.2, 0.25) is 0 Å². The summed E-state index contributed by atoms with van der Waals surface area (Å²) in [7, 11) is 1.64. The molecule has 2 atom stereocenters. The third-order valence-corrected chi connectivity index (χ3v) is 7.17. The van der Waals surface area contributed by atoms with E-state index in [1.165, 1.54) is 0 Å². The number of Topliss-reactive ketones (excluding diaryl/α,β-unsaturated/α-hetero) is 2. The molecule has 0 saturated heterocycles. The first-order valence-electron chi connectivity index (χ1n) is 12.3. The lowest BCUT2D eigenvalue weighted by Crippen LogP contribution is -2.26. The highest BCUT2D eigenvalue weighted by Crippen LogP contribution is 2.36. The van der Waals surface area contributed by atoms with Crippen molar-refractivity contribution >= 4 is 28.4 Å². The summed E-state index contributed by atoms with van der Waals surface area (Å²) in [6.45, 7) is 0. The van der Waals surface area contributed by atoms with E-state index in [1.807, 2.05) is 36.4 Å². The summed E-state index contributed by atoms with van der Waals surface area (Å²) in [5, 5.41) is 4.32. The number of hydrogen-bond donors (Lipinski definition) is 1. The van der Waals surface area contributed by atoms with Crippen LogP contribution in [0, 0.1) is 24.2 Å². The highest BCUT2D eigenvalue weighted by atomic mass is 16.5. The Morgan fingerprint density at radius 1 is 1.11 bits per heavy atom. The second kappa shape index (κ2) is 9.87. The van der Waals surface area contributed by atoms with Gasteiger partial charge in [-0.15, -0.1) is 6.42 Å². The van der Waals surface area contributed by atoms with Crippen LogP contribution >= 0.6 is 0 Å². The number of carbonyl (C=O) groups is 2. The summed E-state index contributed by atoms with van der Waals surface area (Å²) in [4.78, 5) is 33.6. The van der Waals surface area contributed by atoms with Gasteiger partial charge in [0.05, 0.1) is 12.6 Å². The molecule has 5 rings (SSSR count). The van der Waals surface area contributed by atoms with Crippen LogP contribution in [0.1, 0.15) is 55.3 Å². The lowest BCUT2D eigenvalue weighted by atomic mass is 9.97. The maximum Gasteiger partial charge on any atom is 0.223 e. The van der Waals surface area contributed by atoms with Gasteiger partial charge in [-0.3, -0.25) is 9.59 Å². The van der Waals surface area contributed by atoms with Crippen molar-refractivity contribution in [1.29, 1.82) is 0 Å². The van der Waals surface area contributed by atoms with Gasteiger partial charge in [-0.1, -0.05) is 12.5 Å². The van der Waals surface area contributed by atoms with Gasteiger partial charge < -0.3 is 10.1 Å². The largest absolute Gasteiger partial charge is 0.496 e. The molecule has 2 aromatic carbocycles. The average Bonchev–Trinajstić information content (AvgIpc) is 3.60. The summed E-state index contributed by atoms with van der Waals surface area (Å²) in [6.07, 6.45) is 13.4. The van der Waals surface area contributed by atoms with E-state index in [9.17, 15) is 9.59 Å². The number of hydrogen-bond acceptors (Lipinski definition) is 6. The molecule has 6 nitrogen and oxygen atoms in total. The number of rotatable bonds is 9. The highest BCUT2D eigenvalue weighted by molar-refractivity contribution is 5.98. The number of benzene rings is 2. The minimum Gasteiger partial charge on any atom is -0.496 e. The first-order valence-corrected chi connectivity index (χ1v) is 12.3. The Kier molecular flexibility index (Phi) is 6.50. The lowest BCUT2D eigenvalue weighted by Gasteiger charge is -2.20. The fourth-order valence-corrected chi connectivity index (χ4v) is 5.01. The summed E-state index contributed by atoms with van der Waals surface area (Å²) < 4.78 is 5.59. The molecule has 1 N–H and O–H groups in total. The zero-order valence-electron chi connectivity index (χ0n) is 19.9. The van der Waals surface area contributed by atoms with E-state index in [0.29, 0.717) is 24.7 Å². The molecule has 178 valence electrons. The third-order valence-electron chi connectivity index (χ3n) is 7.17. The number of methoxy groups -OCH3 is 1. The number of nitrogens with one attached hydrogen (secondary N) is 1. The Hall–Kier alpha value is -3.72. The molecule has 6 heteroatoms. The van der Waals surface area contributed by atoms with Crippen LogP contribution in [0.4, 0.5) is 5.95 Å². The SMILES string of the molecule is C#CC(=O)C[C@H]1CCC[C@H]1Nc1ncc2cc(-c3cc(C(=O)CC4CC4)ccc3OC)ccc2n1. The van der Waals surface area contributed by atoms with Gasteiger partial charge >= 0.3 is 0 Å². The van der Waals surface area contributed by atoms with Gasteiger partial charge in [0.1, 0.15) is 5.75 Å². The number of ketones is 2. The molecule has 0 aliphatic heterocycles. The number of ether oxygens (including phenoxy) is 1. The maximum absolute atomic E-state index is 12.7. The molecule has 35 heavy (non-hydrogen) atoms. The molecule has 0 radical (unpaired) electrons. The standard InChI is InChI=1S/C29H29N3O3/c1-3-23(33)15-20-5-4-6-25(20)31-29-30-17-22-14-19(9-11-26(22)32-29)24-16-21(10-12-28(24)35-2)27(34)13-18-7-8-18/h1,9-12,14,16-18,20,25H,4-8,13,15H2,2H3,(H,30,31,32)/t20-,25-/m1/s1. The van der Waals surface area contributed by atoms with E-state index in [0.717, 1.165) is 65.4 Å². The first-order chi connectivity index (χ1) is 17.0. The molecule has 1 aromatic heterocycles. The monoisotopic (exact) mass is 467 g/mol. The van der Waals surface area contributed by atoms with Crippen LogP contribution in [0.3, 0.4) is 0 Å². The maximum atomic E-state index is 12.7. The normalized spacial score (nSPS) is 19.3. The summed E-state index contributed by atoms with van der Waals surface area (Å²) in [6, 6.07) is 11.8. The fraction of sp³-hybridized carbons (Fsp3) is 0.379. The minimum atomic E-state index is -0.149. The lowest BCUT2D eigenvalue weighted by molar-refractivity contribution is -0.114. The Balaban J connectivity index is 1.38. The van der Waals surface area contributed by atoms with E-state index < -0.39 is 0 Å². The van der Waals surface area contributed by atoms with Crippen LogP contribution in [0.25, 0.3) is 22.0 Å². The predicted molar refractivity (Wildman–Crippen MR) is 136 cm³/mol. The van der Waals surface area contributed by atoms with E-state index in [2.05, 4.69) is 16.2 Å². The molecule has 3 aromatic rings. The van der Waals surface area contributed by atoms with Crippen molar-refractivity contribution in [3.63, 3.8) is 0 Å². The van der Waals surface area contributed by atoms with E-state index in [1.54, 1.807) is 13.3 Å². The third kappa shape index (κ3) is 5.19. The van der Waals surface area contributed by atoms with E-state index in [-0.39, 0.29) is 23.5 Å². The van der Waals surface area contributed by atoms with Crippen LogP contribution < -0.4 is 10.1 Å². The van der Waals surface area contributed by atoms with Gasteiger partial charge in [-0.05, 0) is 79.3 Å². The van der Waals surface area contributed by atoms with Gasteiger partial charge in [0.15, 0.2) is 5.78 Å². The van der Waals surface area contributed by atoms with Crippen LogP contribution in [0.5, 0.6) is 5.75 Å². The zero-order valence-corrected chi connectivity index (χ0v) is 19.9. The van der Waals surface area contributed by atoms with Crippen LogP contribution in [-0.2, 0) is 4.79 Å². The number of terminal acetylenes is 1. The molecule has 1 heterocycles. The zero-order chi connectivity index (χ0) is 24.4. The van der Waals surface area contributed by atoms with Gasteiger partial charge in [-0.2, -0.15) is 0 Å². The Morgan fingerprint density at radius 3 is 2.74 bits per heavy atom. The fourth-order valence-electron chi connectivity index (χ4n) is 5.01. The average molecular weight is 468 g/mol. The topological polar surface area (TPSA) is 81.2 Å². The molecule has 2 saturated carbocycles. The molecule has 0 bridgehead atoms. The van der Waals surface area contributed by atoms with E-state index >= 15 is 0 Å². The van der Waals surface area contributed by atoms with Gasteiger partial charge in [0.2, 0.25) is 11.7 Å². The van der Waals surface area contributed by atoms with Crippen molar-refractivity contribution < 1.29 is 14.3 Å². The van der Waals surface area contributed by atoms with Crippen molar-refractivity contribution in [3.05, 3.63) is 48.2 Å². The Morgan fingerprint density at radius 2 is 1.97 bits per heavy atom. The number of aromatic nitrogens is 2. The molecule has 2 aliphatic rings. The van der Waals surface area contributed by atoms with E-state index in [4.69, 9.17) is 16.1 Å². The molecule has 0 unspecified atom stereocenters. The molecular weight excluding hydrogens is 438 g/mol. The smallest absolute Gasteiger partial charge is 0.223 e.